The van der Waals surface area contributed by atoms with Gasteiger partial charge in [0.15, 0.2) is 0 Å². The van der Waals surface area contributed by atoms with Gasteiger partial charge in [0, 0.05) is 0 Å². The van der Waals surface area contributed by atoms with Crippen LogP contribution in [0.2, 0.25) is 0 Å². The minimum atomic E-state index is 0.465. The standard InChI is InChI=1S/C26H36N2O4/c1-19(2)17-31-23-13-9-21(10-14-23)25(27-29)7-5-6-8-26(28-30)22-11-15-24(16-12-22)32-18-20(3)4/h9-16,19-20,29-30H,5-8,17-18H2,1-4H3/b27-25-,28-26+. The molecule has 0 saturated carbocycles. The number of rotatable bonds is 13. The second kappa shape index (κ2) is 13.4. The van der Waals surface area contributed by atoms with Gasteiger partial charge in [-0.25, -0.2) is 0 Å². The average molecular weight is 441 g/mol. The third kappa shape index (κ3) is 8.61. The Morgan fingerprint density at radius 1 is 0.656 bits per heavy atom. The van der Waals surface area contributed by atoms with Gasteiger partial charge in [0.2, 0.25) is 0 Å². The van der Waals surface area contributed by atoms with E-state index in [0.29, 0.717) is 49.3 Å². The summed E-state index contributed by atoms with van der Waals surface area (Å²) in [5, 5.41) is 25.8. The third-order valence-corrected chi connectivity index (χ3v) is 4.86. The minimum Gasteiger partial charge on any atom is -0.493 e. The number of nitrogens with zero attached hydrogens (tertiary/aromatic N) is 2. The van der Waals surface area contributed by atoms with Crippen LogP contribution in [0.25, 0.3) is 0 Å². The second-order valence-corrected chi connectivity index (χ2v) is 8.76. The van der Waals surface area contributed by atoms with Crippen molar-refractivity contribution in [3.63, 3.8) is 0 Å². The first-order chi connectivity index (χ1) is 15.4. The van der Waals surface area contributed by atoms with Gasteiger partial charge >= 0.3 is 0 Å². The van der Waals surface area contributed by atoms with Gasteiger partial charge in [-0.05, 0) is 97.2 Å². The Balaban J connectivity index is 1.82. The van der Waals surface area contributed by atoms with Crippen LogP contribution >= 0.6 is 0 Å². The van der Waals surface area contributed by atoms with Crippen LogP contribution in [-0.2, 0) is 0 Å². The predicted octanol–water partition coefficient (Wildman–Crippen LogP) is 6.37. The Morgan fingerprint density at radius 3 is 1.28 bits per heavy atom. The fraction of sp³-hybridized carbons (Fsp3) is 0.462. The highest BCUT2D eigenvalue weighted by molar-refractivity contribution is 6.01. The molecule has 0 aliphatic carbocycles. The molecule has 0 aliphatic heterocycles. The van der Waals surface area contributed by atoms with Gasteiger partial charge in [-0.1, -0.05) is 38.0 Å². The molecule has 0 bridgehead atoms. The van der Waals surface area contributed by atoms with Gasteiger partial charge in [-0.3, -0.25) is 0 Å². The summed E-state index contributed by atoms with van der Waals surface area (Å²) in [4.78, 5) is 0. The molecule has 6 nitrogen and oxygen atoms in total. The summed E-state index contributed by atoms with van der Waals surface area (Å²) >= 11 is 0. The van der Waals surface area contributed by atoms with Gasteiger partial charge in [0.1, 0.15) is 11.5 Å². The molecule has 0 aliphatic rings. The zero-order valence-corrected chi connectivity index (χ0v) is 19.6. The van der Waals surface area contributed by atoms with Crippen LogP contribution in [0.3, 0.4) is 0 Å². The van der Waals surface area contributed by atoms with Crippen LogP contribution in [0, 0.1) is 11.8 Å². The number of hydrogen-bond donors (Lipinski definition) is 2. The van der Waals surface area contributed by atoms with Gasteiger partial charge in [-0.15, -0.1) is 0 Å². The molecule has 0 aromatic heterocycles. The lowest BCUT2D eigenvalue weighted by Gasteiger charge is -2.11. The van der Waals surface area contributed by atoms with Crippen LogP contribution in [0.15, 0.2) is 58.8 Å². The quantitative estimate of drug-likeness (QED) is 0.164. The molecule has 0 radical (unpaired) electrons. The molecule has 0 atom stereocenters. The van der Waals surface area contributed by atoms with Gasteiger partial charge in [0.25, 0.3) is 0 Å². The van der Waals surface area contributed by atoms with Gasteiger partial charge < -0.3 is 19.9 Å². The molecule has 0 saturated heterocycles. The van der Waals surface area contributed by atoms with Crippen molar-refractivity contribution in [2.45, 2.75) is 53.4 Å². The van der Waals surface area contributed by atoms with Crippen LogP contribution in [0.4, 0.5) is 0 Å². The number of oxime groups is 2. The lowest BCUT2D eigenvalue weighted by Crippen LogP contribution is -2.06. The fourth-order valence-electron chi connectivity index (χ4n) is 3.10. The fourth-order valence-corrected chi connectivity index (χ4v) is 3.10. The van der Waals surface area contributed by atoms with Crippen LogP contribution in [0.1, 0.15) is 64.5 Å². The molecule has 0 heterocycles. The van der Waals surface area contributed by atoms with Crippen molar-refractivity contribution in [1.82, 2.24) is 0 Å². The SMILES string of the molecule is CC(C)COc1ccc(/C(CCCC/C(=N\O)c2ccc(OCC(C)C)cc2)=N\O)cc1. The molecular formula is C26H36N2O4. The van der Waals surface area contributed by atoms with E-state index in [1.165, 1.54) is 0 Å². The summed E-state index contributed by atoms with van der Waals surface area (Å²) < 4.78 is 11.4. The van der Waals surface area contributed by atoms with Crippen LogP contribution < -0.4 is 9.47 Å². The van der Waals surface area contributed by atoms with Crippen molar-refractivity contribution in [2.75, 3.05) is 13.2 Å². The topological polar surface area (TPSA) is 83.6 Å². The Kier molecular flexibility index (Phi) is 10.6. The first-order valence-electron chi connectivity index (χ1n) is 11.3. The van der Waals surface area contributed by atoms with Crippen molar-refractivity contribution in [3.8, 4) is 11.5 Å². The molecule has 2 aromatic carbocycles. The Morgan fingerprint density at radius 2 is 1.00 bits per heavy atom. The van der Waals surface area contributed by atoms with E-state index in [1.807, 2.05) is 48.5 Å². The highest BCUT2D eigenvalue weighted by Crippen LogP contribution is 2.18. The third-order valence-electron chi connectivity index (χ3n) is 4.86. The predicted molar refractivity (Wildman–Crippen MR) is 129 cm³/mol. The molecular weight excluding hydrogens is 404 g/mol. The smallest absolute Gasteiger partial charge is 0.119 e. The van der Waals surface area contributed by atoms with Crippen molar-refractivity contribution in [3.05, 3.63) is 59.7 Å². The summed E-state index contributed by atoms with van der Waals surface area (Å²) in [5.41, 5.74) is 3.01. The lowest BCUT2D eigenvalue weighted by molar-refractivity contribution is 0.271. The Bertz CT molecular complexity index is 783. The Hall–Kier alpha value is -3.02. The van der Waals surface area contributed by atoms with Crippen LogP contribution in [0.5, 0.6) is 11.5 Å². The van der Waals surface area contributed by atoms with Crippen molar-refractivity contribution in [2.24, 2.45) is 22.1 Å². The summed E-state index contributed by atoms with van der Waals surface area (Å²) in [6.45, 7) is 9.76. The first-order valence-corrected chi connectivity index (χ1v) is 11.3. The van der Waals surface area contributed by atoms with Gasteiger partial charge in [0.05, 0.1) is 24.6 Å². The van der Waals surface area contributed by atoms with E-state index in [4.69, 9.17) is 9.47 Å². The number of unbranched alkanes of at least 4 members (excludes halogenated alkanes) is 1. The van der Waals surface area contributed by atoms with E-state index in [9.17, 15) is 10.4 Å². The van der Waals surface area contributed by atoms with Crippen molar-refractivity contribution in [1.29, 1.82) is 0 Å². The number of ether oxygens (including phenoxy) is 2. The van der Waals surface area contributed by atoms with E-state index in [-0.39, 0.29) is 0 Å². The largest absolute Gasteiger partial charge is 0.493 e. The summed E-state index contributed by atoms with van der Waals surface area (Å²) in [6, 6.07) is 15.2. The van der Waals surface area contributed by atoms with E-state index in [2.05, 4.69) is 38.0 Å². The highest BCUT2D eigenvalue weighted by atomic mass is 16.5. The maximum atomic E-state index is 9.44. The Labute approximate surface area is 191 Å². The molecule has 6 heteroatoms. The molecule has 2 rings (SSSR count). The summed E-state index contributed by atoms with van der Waals surface area (Å²) in [5.74, 6) is 2.55. The number of benzene rings is 2. The van der Waals surface area contributed by atoms with Crippen molar-refractivity contribution >= 4 is 11.4 Å². The normalized spacial score (nSPS) is 12.4. The van der Waals surface area contributed by atoms with Crippen molar-refractivity contribution < 1.29 is 19.9 Å². The minimum absolute atomic E-state index is 0.465. The molecule has 32 heavy (non-hydrogen) atoms. The van der Waals surface area contributed by atoms with E-state index >= 15 is 0 Å². The maximum absolute atomic E-state index is 9.44. The van der Waals surface area contributed by atoms with E-state index in [0.717, 1.165) is 35.5 Å². The highest BCUT2D eigenvalue weighted by Gasteiger charge is 2.09. The summed E-state index contributed by atoms with van der Waals surface area (Å²) in [7, 11) is 0. The maximum Gasteiger partial charge on any atom is 0.119 e. The van der Waals surface area contributed by atoms with E-state index in [1.54, 1.807) is 0 Å². The van der Waals surface area contributed by atoms with Crippen LogP contribution in [-0.4, -0.2) is 35.1 Å². The summed E-state index contributed by atoms with van der Waals surface area (Å²) in [6.07, 6.45) is 2.87. The number of hydrogen-bond acceptors (Lipinski definition) is 6. The molecule has 174 valence electrons. The first kappa shape index (κ1) is 25.2. The molecule has 2 aromatic rings. The van der Waals surface area contributed by atoms with Gasteiger partial charge in [-0.2, -0.15) is 0 Å². The second-order valence-electron chi connectivity index (χ2n) is 8.76. The van der Waals surface area contributed by atoms with E-state index < -0.39 is 0 Å². The molecule has 0 unspecified atom stereocenters. The molecule has 0 amide bonds. The monoisotopic (exact) mass is 440 g/mol. The average Bonchev–Trinajstić information content (AvgIpc) is 2.80. The molecule has 0 fully saturated rings. The zero-order valence-electron chi connectivity index (χ0n) is 19.6. The lowest BCUT2D eigenvalue weighted by atomic mass is 10.0. The molecule has 0 spiro atoms. The zero-order chi connectivity index (χ0) is 23.3. The molecule has 2 N–H and O–H groups in total.